The van der Waals surface area contributed by atoms with E-state index in [0.717, 1.165) is 83.7 Å². The van der Waals surface area contributed by atoms with E-state index >= 15 is 0 Å². The fraction of sp³-hybridized carbons (Fsp3) is 0.727. The van der Waals surface area contributed by atoms with Gasteiger partial charge in [-0.25, -0.2) is 0 Å². The van der Waals surface area contributed by atoms with Crippen molar-refractivity contribution in [2.24, 2.45) is 35.0 Å². The standard InChI is InChI=1S/C30H42O4.C3H4/c1-19-4-3-5-20(11-13-31)16-24(19)25-18-29(2)26(8-9-27(29)32)23-7-6-21-17-30(33-14-15-34-30)12-10-22(21)28(23)25;1-3-2/h11,13,21,23-27,32H,1,3-10,12,14-18H2,2H3;1H,2H3/b20-11+;/t21?,23?,24?,25?,26?,27-,29-;/m0./s1. The summed E-state index contributed by atoms with van der Waals surface area (Å²) >= 11 is 0. The maximum Gasteiger partial charge on any atom is 0.169 e. The second kappa shape index (κ2) is 10.8. The third kappa shape index (κ3) is 4.81. The van der Waals surface area contributed by atoms with E-state index in [1.165, 1.54) is 24.0 Å². The Hall–Kier alpha value is -1.67. The summed E-state index contributed by atoms with van der Waals surface area (Å²) in [6.07, 6.45) is 20.1. The molecule has 7 atom stereocenters. The zero-order valence-electron chi connectivity index (χ0n) is 23.0. The molecule has 0 bridgehead atoms. The number of aliphatic hydroxyl groups excluding tert-OH is 1. The van der Waals surface area contributed by atoms with Crippen LogP contribution in [0.2, 0.25) is 0 Å². The largest absolute Gasteiger partial charge is 0.393 e. The molecule has 6 rings (SSSR count). The third-order valence-corrected chi connectivity index (χ3v) is 10.9. The van der Waals surface area contributed by atoms with Gasteiger partial charge in [-0.05, 0) is 112 Å². The number of rotatable bonds is 2. The average Bonchev–Trinajstić information content (AvgIpc) is 3.39. The van der Waals surface area contributed by atoms with Crippen LogP contribution in [0.4, 0.5) is 0 Å². The van der Waals surface area contributed by atoms with Crippen LogP contribution in [0.5, 0.6) is 0 Å². The number of ether oxygens (including phenoxy) is 2. The van der Waals surface area contributed by atoms with Crippen molar-refractivity contribution < 1.29 is 19.4 Å². The van der Waals surface area contributed by atoms with Crippen LogP contribution in [-0.4, -0.2) is 36.5 Å². The molecule has 0 aromatic rings. The summed E-state index contributed by atoms with van der Waals surface area (Å²) in [6, 6.07) is 0. The molecule has 37 heavy (non-hydrogen) atoms. The van der Waals surface area contributed by atoms with Gasteiger partial charge in [0.2, 0.25) is 0 Å². The molecule has 5 fully saturated rings. The van der Waals surface area contributed by atoms with Crippen molar-refractivity contribution in [2.75, 3.05) is 13.2 Å². The number of aldehydes is 1. The Morgan fingerprint density at radius 1 is 1.05 bits per heavy atom. The van der Waals surface area contributed by atoms with Gasteiger partial charge >= 0.3 is 0 Å². The first kappa shape index (κ1) is 26.9. The molecule has 1 saturated heterocycles. The van der Waals surface area contributed by atoms with E-state index in [-0.39, 0.29) is 17.3 Å². The van der Waals surface area contributed by atoms with E-state index in [1.54, 1.807) is 18.1 Å². The van der Waals surface area contributed by atoms with Crippen molar-refractivity contribution in [1.29, 1.82) is 0 Å². The summed E-state index contributed by atoms with van der Waals surface area (Å²) in [7, 11) is 0. The van der Waals surface area contributed by atoms with Crippen LogP contribution < -0.4 is 0 Å². The molecule has 4 saturated carbocycles. The Balaban J connectivity index is 0.000000892. The molecule has 1 aliphatic heterocycles. The number of aliphatic hydroxyl groups is 1. The third-order valence-electron chi connectivity index (χ3n) is 10.9. The predicted molar refractivity (Wildman–Crippen MR) is 146 cm³/mol. The number of carbonyl (C=O) groups is 1. The first-order valence-corrected chi connectivity index (χ1v) is 14.7. The Morgan fingerprint density at radius 2 is 1.81 bits per heavy atom. The zero-order chi connectivity index (χ0) is 26.2. The van der Waals surface area contributed by atoms with Crippen LogP contribution in [0.1, 0.15) is 90.9 Å². The Kier molecular flexibility index (Phi) is 7.88. The molecule has 4 heteroatoms. The van der Waals surface area contributed by atoms with Crippen molar-refractivity contribution in [3.8, 4) is 12.3 Å². The lowest BCUT2D eigenvalue weighted by Crippen LogP contribution is -2.49. The highest BCUT2D eigenvalue weighted by molar-refractivity contribution is 5.66. The van der Waals surface area contributed by atoms with Crippen LogP contribution in [0.25, 0.3) is 0 Å². The van der Waals surface area contributed by atoms with Crippen LogP contribution in [0.15, 0.2) is 34.9 Å². The minimum absolute atomic E-state index is 0.000908. The summed E-state index contributed by atoms with van der Waals surface area (Å²) in [4.78, 5) is 11.4. The molecule has 0 amide bonds. The molecule has 4 nitrogen and oxygen atoms in total. The highest BCUT2D eigenvalue weighted by atomic mass is 16.7. The topological polar surface area (TPSA) is 55.8 Å². The summed E-state index contributed by atoms with van der Waals surface area (Å²) in [5.41, 5.74) is 6.13. The van der Waals surface area contributed by atoms with Crippen molar-refractivity contribution in [2.45, 2.75) is 103 Å². The first-order valence-electron chi connectivity index (χ1n) is 14.7. The molecule has 202 valence electrons. The maximum atomic E-state index is 11.4. The number of fused-ring (bicyclic) bond motifs is 4. The highest BCUT2D eigenvalue weighted by Crippen LogP contribution is 2.65. The Morgan fingerprint density at radius 3 is 2.54 bits per heavy atom. The van der Waals surface area contributed by atoms with Crippen LogP contribution >= 0.6 is 0 Å². The molecular formula is C33H46O4. The summed E-state index contributed by atoms with van der Waals surface area (Å²) < 4.78 is 12.3. The smallest absolute Gasteiger partial charge is 0.169 e. The molecule has 1 spiro atoms. The minimum atomic E-state index is -0.338. The van der Waals surface area contributed by atoms with E-state index in [4.69, 9.17) is 9.47 Å². The van der Waals surface area contributed by atoms with Crippen LogP contribution in [0.3, 0.4) is 0 Å². The van der Waals surface area contributed by atoms with Gasteiger partial charge in [-0.3, -0.25) is 4.79 Å². The lowest BCUT2D eigenvalue weighted by Gasteiger charge is -2.55. The molecule has 0 radical (unpaired) electrons. The van der Waals surface area contributed by atoms with Gasteiger partial charge in [0.15, 0.2) is 5.79 Å². The molecule has 0 aromatic carbocycles. The fourth-order valence-corrected chi connectivity index (χ4v) is 9.32. The van der Waals surface area contributed by atoms with Crippen molar-refractivity contribution in [3.05, 3.63) is 34.9 Å². The molecule has 0 aromatic heterocycles. The van der Waals surface area contributed by atoms with E-state index in [2.05, 4.69) is 25.8 Å². The van der Waals surface area contributed by atoms with E-state index < -0.39 is 0 Å². The second-order valence-corrected chi connectivity index (χ2v) is 12.8. The van der Waals surface area contributed by atoms with Crippen LogP contribution in [-0.2, 0) is 14.3 Å². The second-order valence-electron chi connectivity index (χ2n) is 12.8. The summed E-state index contributed by atoms with van der Waals surface area (Å²) in [5.74, 6) is 4.51. The van der Waals surface area contributed by atoms with Gasteiger partial charge in [-0.1, -0.05) is 35.8 Å². The van der Waals surface area contributed by atoms with Gasteiger partial charge in [-0.2, -0.15) is 0 Å². The molecule has 6 aliphatic rings. The van der Waals surface area contributed by atoms with E-state index in [0.29, 0.717) is 29.6 Å². The highest BCUT2D eigenvalue weighted by Gasteiger charge is 2.58. The van der Waals surface area contributed by atoms with E-state index in [9.17, 15) is 9.90 Å². The first-order chi connectivity index (χ1) is 17.9. The fourth-order valence-electron chi connectivity index (χ4n) is 9.32. The number of hydrogen-bond acceptors (Lipinski definition) is 4. The van der Waals surface area contributed by atoms with Crippen molar-refractivity contribution in [1.82, 2.24) is 0 Å². The summed E-state index contributed by atoms with van der Waals surface area (Å²) in [6.45, 7) is 10.1. The Labute approximate surface area is 224 Å². The van der Waals surface area contributed by atoms with Crippen LogP contribution in [0, 0.1) is 47.3 Å². The monoisotopic (exact) mass is 506 g/mol. The minimum Gasteiger partial charge on any atom is -0.393 e. The zero-order valence-corrected chi connectivity index (χ0v) is 23.0. The number of allylic oxidation sites excluding steroid dienone is 5. The lowest BCUT2D eigenvalue weighted by atomic mass is 9.50. The SMILES string of the molecule is C#CC.C=C1CCC/C(=C\C=O)CC1C1C[C@@]2(C)C(CC[C@@H]2O)C2CCC3CC4(CCC3=C12)OCCO4. The van der Waals surface area contributed by atoms with Gasteiger partial charge in [0.25, 0.3) is 0 Å². The van der Waals surface area contributed by atoms with Gasteiger partial charge in [0.1, 0.15) is 6.29 Å². The average molecular weight is 507 g/mol. The molecule has 5 unspecified atom stereocenters. The van der Waals surface area contributed by atoms with Crippen molar-refractivity contribution >= 4 is 6.29 Å². The molecule has 1 heterocycles. The van der Waals surface area contributed by atoms with Gasteiger partial charge in [0, 0.05) is 12.8 Å². The maximum absolute atomic E-state index is 11.4. The normalized spacial score (nSPS) is 41.7. The quantitative estimate of drug-likeness (QED) is 0.152. The van der Waals surface area contributed by atoms with Gasteiger partial charge < -0.3 is 14.6 Å². The molecule has 1 N–H and O–H groups in total. The van der Waals surface area contributed by atoms with Gasteiger partial charge in [-0.15, -0.1) is 12.3 Å². The molecular weight excluding hydrogens is 460 g/mol. The number of terminal acetylenes is 1. The summed E-state index contributed by atoms with van der Waals surface area (Å²) in [5, 5.41) is 11.2. The van der Waals surface area contributed by atoms with E-state index in [1.807, 2.05) is 6.08 Å². The number of carbonyl (C=O) groups excluding carboxylic acids is 1. The molecule has 5 aliphatic carbocycles. The van der Waals surface area contributed by atoms with Crippen molar-refractivity contribution in [3.63, 3.8) is 0 Å². The predicted octanol–water partition coefficient (Wildman–Crippen LogP) is 6.54. The number of hydrogen-bond donors (Lipinski definition) is 1. The lowest BCUT2D eigenvalue weighted by molar-refractivity contribution is -0.181. The Bertz CT molecular complexity index is 992. The van der Waals surface area contributed by atoms with Gasteiger partial charge in [0.05, 0.1) is 19.3 Å².